The molecule has 0 bridgehead atoms. The topological polar surface area (TPSA) is 58.1 Å². The molecule has 96 valence electrons. The van der Waals surface area contributed by atoms with Gasteiger partial charge in [-0.2, -0.15) is 0 Å². The molecule has 0 saturated heterocycles. The number of carbonyl (C=O) groups is 1. The molecule has 5 heteroatoms. The van der Waals surface area contributed by atoms with Gasteiger partial charge in [-0.25, -0.2) is 4.79 Å². The summed E-state index contributed by atoms with van der Waals surface area (Å²) in [4.78, 5) is 27.9. The van der Waals surface area contributed by atoms with Crippen LogP contribution in [0.4, 0.5) is 0 Å². The lowest BCUT2D eigenvalue weighted by Gasteiger charge is -2.11. The average Bonchev–Trinajstić information content (AvgIpc) is 2.54. The van der Waals surface area contributed by atoms with Crippen LogP contribution in [0.2, 0.25) is 0 Å². The number of aromatic nitrogens is 2. The Balaban J connectivity index is 2.61. The van der Waals surface area contributed by atoms with Crippen LogP contribution in [0.25, 0.3) is 11.0 Å². The van der Waals surface area contributed by atoms with Crippen molar-refractivity contribution in [2.45, 2.75) is 20.4 Å². The maximum atomic E-state index is 11.9. The highest BCUT2D eigenvalue weighted by atomic mass is 16.2. The number of likely N-dealkylation sites (N-methyl/N-ethyl adjacent to an activating group) is 1. The molecule has 18 heavy (non-hydrogen) atoms. The molecule has 2 aromatic rings. The second-order valence-corrected chi connectivity index (χ2v) is 4.78. The van der Waals surface area contributed by atoms with Crippen molar-refractivity contribution in [2.75, 3.05) is 14.1 Å². The van der Waals surface area contributed by atoms with E-state index in [4.69, 9.17) is 0 Å². The molecular formula is C13H17N3O2. The highest BCUT2D eigenvalue weighted by Gasteiger charge is 2.13. The second kappa shape index (κ2) is 4.33. The third-order valence-electron chi connectivity index (χ3n) is 2.99. The number of aromatic amines is 1. The number of carbonyl (C=O) groups excluding carboxylic acids is 1. The number of amides is 1. The third-order valence-corrected chi connectivity index (χ3v) is 2.99. The molecule has 5 nitrogen and oxygen atoms in total. The Morgan fingerprint density at radius 1 is 1.33 bits per heavy atom. The van der Waals surface area contributed by atoms with Gasteiger partial charge < -0.3 is 9.88 Å². The molecule has 0 radical (unpaired) electrons. The fourth-order valence-electron chi connectivity index (χ4n) is 2.13. The van der Waals surface area contributed by atoms with Crippen LogP contribution in [0, 0.1) is 13.8 Å². The van der Waals surface area contributed by atoms with E-state index in [0.29, 0.717) is 0 Å². The molecule has 0 spiro atoms. The first kappa shape index (κ1) is 12.4. The van der Waals surface area contributed by atoms with Gasteiger partial charge >= 0.3 is 5.69 Å². The molecule has 0 unspecified atom stereocenters. The minimum Gasteiger partial charge on any atom is -0.347 e. The summed E-state index contributed by atoms with van der Waals surface area (Å²) < 4.78 is 1.49. The SMILES string of the molecule is Cc1cc(C)c2c(c1)[nH]c(=O)n2CC(=O)N(C)C. The van der Waals surface area contributed by atoms with Crippen LogP contribution in [0.1, 0.15) is 11.1 Å². The Hall–Kier alpha value is -2.04. The summed E-state index contributed by atoms with van der Waals surface area (Å²) in [6.45, 7) is 3.99. The highest BCUT2D eigenvalue weighted by molar-refractivity contribution is 5.82. The van der Waals surface area contributed by atoms with E-state index in [1.807, 2.05) is 26.0 Å². The van der Waals surface area contributed by atoms with Gasteiger partial charge in [0.25, 0.3) is 0 Å². The number of H-pyrrole nitrogens is 1. The number of nitrogens with one attached hydrogen (secondary N) is 1. The molecule has 1 heterocycles. The summed E-state index contributed by atoms with van der Waals surface area (Å²) in [5, 5.41) is 0. The van der Waals surface area contributed by atoms with Crippen LogP contribution in [-0.2, 0) is 11.3 Å². The van der Waals surface area contributed by atoms with Crippen molar-refractivity contribution in [3.8, 4) is 0 Å². The largest absolute Gasteiger partial charge is 0.347 e. The fourth-order valence-corrected chi connectivity index (χ4v) is 2.13. The zero-order chi connectivity index (χ0) is 13.4. The van der Waals surface area contributed by atoms with Gasteiger partial charge in [0.15, 0.2) is 0 Å². The smallest absolute Gasteiger partial charge is 0.326 e. The molecule has 0 atom stereocenters. The van der Waals surface area contributed by atoms with Gasteiger partial charge in [0.2, 0.25) is 5.91 Å². The molecule has 0 aliphatic heterocycles. The molecular weight excluding hydrogens is 230 g/mol. The summed E-state index contributed by atoms with van der Waals surface area (Å²) in [7, 11) is 3.36. The van der Waals surface area contributed by atoms with E-state index in [9.17, 15) is 9.59 Å². The monoisotopic (exact) mass is 247 g/mol. The average molecular weight is 247 g/mol. The standard InChI is InChI=1S/C13H17N3O2/c1-8-5-9(2)12-10(6-8)14-13(18)16(12)7-11(17)15(3)4/h5-6H,7H2,1-4H3,(H,14,18). The molecule has 1 amide bonds. The predicted molar refractivity (Wildman–Crippen MR) is 70.7 cm³/mol. The Morgan fingerprint density at radius 2 is 2.00 bits per heavy atom. The molecule has 0 aliphatic carbocycles. The highest BCUT2D eigenvalue weighted by Crippen LogP contribution is 2.17. The predicted octanol–water partition coefficient (Wildman–Crippen LogP) is 1.03. The number of hydrogen-bond acceptors (Lipinski definition) is 2. The number of nitrogens with zero attached hydrogens (tertiary/aromatic N) is 2. The first-order valence-electron chi connectivity index (χ1n) is 5.80. The van der Waals surface area contributed by atoms with Crippen LogP contribution in [0.5, 0.6) is 0 Å². The molecule has 1 aromatic heterocycles. The van der Waals surface area contributed by atoms with Crippen molar-refractivity contribution in [3.63, 3.8) is 0 Å². The number of imidazole rings is 1. The van der Waals surface area contributed by atoms with Gasteiger partial charge in [-0.3, -0.25) is 9.36 Å². The van der Waals surface area contributed by atoms with E-state index in [1.165, 1.54) is 9.47 Å². The van der Waals surface area contributed by atoms with Gasteiger partial charge in [0.1, 0.15) is 6.54 Å². The minimum atomic E-state index is -0.242. The van der Waals surface area contributed by atoms with E-state index >= 15 is 0 Å². The van der Waals surface area contributed by atoms with Crippen LogP contribution >= 0.6 is 0 Å². The number of hydrogen-bond donors (Lipinski definition) is 1. The fraction of sp³-hybridized carbons (Fsp3) is 0.385. The second-order valence-electron chi connectivity index (χ2n) is 4.78. The third kappa shape index (κ3) is 2.03. The molecule has 0 aliphatic rings. The lowest BCUT2D eigenvalue weighted by Crippen LogP contribution is -2.30. The zero-order valence-electron chi connectivity index (χ0n) is 11.1. The number of benzene rings is 1. The summed E-state index contributed by atoms with van der Waals surface area (Å²) in [6.07, 6.45) is 0. The number of fused-ring (bicyclic) bond motifs is 1. The lowest BCUT2D eigenvalue weighted by atomic mass is 10.1. The normalized spacial score (nSPS) is 10.9. The first-order valence-corrected chi connectivity index (χ1v) is 5.80. The van der Waals surface area contributed by atoms with E-state index in [1.54, 1.807) is 14.1 Å². The summed E-state index contributed by atoms with van der Waals surface area (Å²) in [6, 6.07) is 3.92. The van der Waals surface area contributed by atoms with Crippen LogP contribution in [0.3, 0.4) is 0 Å². The van der Waals surface area contributed by atoms with Crippen LogP contribution < -0.4 is 5.69 Å². The van der Waals surface area contributed by atoms with Crippen molar-refractivity contribution in [1.82, 2.24) is 14.5 Å². The molecule has 2 rings (SSSR count). The van der Waals surface area contributed by atoms with Crippen LogP contribution in [0.15, 0.2) is 16.9 Å². The van der Waals surface area contributed by atoms with E-state index < -0.39 is 0 Å². The van der Waals surface area contributed by atoms with Gasteiger partial charge in [-0.05, 0) is 31.0 Å². The number of rotatable bonds is 2. The van der Waals surface area contributed by atoms with E-state index in [-0.39, 0.29) is 18.1 Å². The van der Waals surface area contributed by atoms with Crippen molar-refractivity contribution in [2.24, 2.45) is 0 Å². The quantitative estimate of drug-likeness (QED) is 0.861. The Morgan fingerprint density at radius 3 is 2.61 bits per heavy atom. The Labute approximate surface area is 105 Å². The van der Waals surface area contributed by atoms with E-state index in [2.05, 4.69) is 4.98 Å². The van der Waals surface area contributed by atoms with Crippen molar-refractivity contribution < 1.29 is 4.79 Å². The summed E-state index contributed by atoms with van der Waals surface area (Å²) >= 11 is 0. The van der Waals surface area contributed by atoms with Crippen molar-refractivity contribution in [3.05, 3.63) is 33.7 Å². The zero-order valence-corrected chi connectivity index (χ0v) is 11.1. The lowest BCUT2D eigenvalue weighted by molar-refractivity contribution is -0.129. The van der Waals surface area contributed by atoms with Crippen molar-refractivity contribution >= 4 is 16.9 Å². The maximum Gasteiger partial charge on any atom is 0.326 e. The molecule has 1 aromatic carbocycles. The van der Waals surface area contributed by atoms with Gasteiger partial charge in [-0.15, -0.1) is 0 Å². The Bertz CT molecular complexity index is 665. The molecule has 1 N–H and O–H groups in total. The number of aryl methyl sites for hydroxylation is 2. The maximum absolute atomic E-state index is 11.9. The summed E-state index contributed by atoms with van der Waals surface area (Å²) in [5.74, 6) is -0.0991. The minimum absolute atomic E-state index is 0.0652. The van der Waals surface area contributed by atoms with Gasteiger partial charge in [0.05, 0.1) is 11.0 Å². The first-order chi connectivity index (χ1) is 8.40. The summed E-state index contributed by atoms with van der Waals surface area (Å²) in [5.41, 5.74) is 3.43. The molecule has 0 saturated carbocycles. The van der Waals surface area contributed by atoms with Crippen molar-refractivity contribution in [1.29, 1.82) is 0 Å². The van der Waals surface area contributed by atoms with Gasteiger partial charge in [-0.1, -0.05) is 6.07 Å². The van der Waals surface area contributed by atoms with Crippen LogP contribution in [-0.4, -0.2) is 34.5 Å². The van der Waals surface area contributed by atoms with Gasteiger partial charge in [0, 0.05) is 14.1 Å². The molecule has 0 fully saturated rings. The van der Waals surface area contributed by atoms with E-state index in [0.717, 1.165) is 22.2 Å². The Kier molecular flexibility index (Phi) is 2.98.